The molecular weight excluding hydrogens is 276 g/mol. The molecule has 1 aliphatic heterocycles. The number of carbonyl (C=O) groups is 1. The van der Waals surface area contributed by atoms with E-state index in [1.165, 1.54) is 18.4 Å². The van der Waals surface area contributed by atoms with Crippen molar-refractivity contribution in [2.75, 3.05) is 20.2 Å². The van der Waals surface area contributed by atoms with E-state index in [1.54, 1.807) is 7.11 Å². The van der Waals surface area contributed by atoms with Gasteiger partial charge in [-0.05, 0) is 68.8 Å². The van der Waals surface area contributed by atoms with Crippen LogP contribution in [-0.2, 0) is 10.3 Å². The highest BCUT2D eigenvalue weighted by Crippen LogP contribution is 2.45. The van der Waals surface area contributed by atoms with Gasteiger partial charge in [0.25, 0.3) is 0 Å². The van der Waals surface area contributed by atoms with Crippen LogP contribution in [-0.4, -0.2) is 26.1 Å². The molecule has 2 aliphatic rings. The molecule has 0 unspecified atom stereocenters. The zero-order valence-corrected chi connectivity index (χ0v) is 13.4. The molecule has 1 aliphatic carbocycles. The predicted molar refractivity (Wildman–Crippen MR) is 86.9 cm³/mol. The van der Waals surface area contributed by atoms with E-state index in [9.17, 15) is 4.79 Å². The van der Waals surface area contributed by atoms with Gasteiger partial charge in [-0.1, -0.05) is 12.1 Å². The van der Waals surface area contributed by atoms with Crippen molar-refractivity contribution in [3.05, 3.63) is 29.8 Å². The Morgan fingerprint density at radius 3 is 2.55 bits per heavy atom. The van der Waals surface area contributed by atoms with Gasteiger partial charge in [0.15, 0.2) is 0 Å². The van der Waals surface area contributed by atoms with Gasteiger partial charge in [-0.3, -0.25) is 4.79 Å². The van der Waals surface area contributed by atoms with Gasteiger partial charge in [0.2, 0.25) is 5.91 Å². The molecule has 22 heavy (non-hydrogen) atoms. The van der Waals surface area contributed by atoms with Gasteiger partial charge in [0.05, 0.1) is 12.6 Å². The molecule has 0 radical (unpaired) electrons. The maximum absolute atomic E-state index is 12.3. The molecule has 1 saturated heterocycles. The predicted octanol–water partition coefficient (Wildman–Crippen LogP) is 2.58. The third-order valence-corrected chi connectivity index (χ3v) is 5.01. The van der Waals surface area contributed by atoms with Crippen LogP contribution in [0.15, 0.2) is 24.3 Å². The number of benzene rings is 1. The minimum atomic E-state index is -0.114. The quantitative estimate of drug-likeness (QED) is 0.849. The topological polar surface area (TPSA) is 50.4 Å². The SMILES string of the molecule is COc1ccc(C2(NC(=O)CCC3CCNCC3)CC2)cc1. The molecule has 4 nitrogen and oxygen atoms in total. The van der Waals surface area contributed by atoms with E-state index >= 15 is 0 Å². The Morgan fingerprint density at radius 1 is 1.27 bits per heavy atom. The average Bonchev–Trinajstić information content (AvgIpc) is 3.35. The van der Waals surface area contributed by atoms with Crippen LogP contribution in [0.25, 0.3) is 0 Å². The van der Waals surface area contributed by atoms with Crippen molar-refractivity contribution in [1.82, 2.24) is 10.6 Å². The lowest BCUT2D eigenvalue weighted by Crippen LogP contribution is -2.35. The normalized spacial score (nSPS) is 20.4. The second-order valence-corrected chi connectivity index (χ2v) is 6.59. The molecule has 0 spiro atoms. The highest BCUT2D eigenvalue weighted by atomic mass is 16.5. The molecule has 1 amide bonds. The van der Waals surface area contributed by atoms with Gasteiger partial charge in [-0.15, -0.1) is 0 Å². The van der Waals surface area contributed by atoms with Crippen LogP contribution >= 0.6 is 0 Å². The van der Waals surface area contributed by atoms with E-state index < -0.39 is 0 Å². The third-order valence-electron chi connectivity index (χ3n) is 5.01. The largest absolute Gasteiger partial charge is 0.497 e. The lowest BCUT2D eigenvalue weighted by molar-refractivity contribution is -0.122. The molecule has 2 N–H and O–H groups in total. The third kappa shape index (κ3) is 3.61. The van der Waals surface area contributed by atoms with E-state index in [-0.39, 0.29) is 11.4 Å². The summed E-state index contributed by atoms with van der Waals surface area (Å²) in [5.41, 5.74) is 1.08. The Labute approximate surface area is 132 Å². The van der Waals surface area contributed by atoms with Gasteiger partial charge in [0.1, 0.15) is 5.75 Å². The van der Waals surface area contributed by atoms with Gasteiger partial charge in [-0.25, -0.2) is 0 Å². The number of ether oxygens (including phenoxy) is 1. The lowest BCUT2D eigenvalue weighted by Gasteiger charge is -2.23. The summed E-state index contributed by atoms with van der Waals surface area (Å²) in [7, 11) is 1.67. The molecule has 1 aromatic carbocycles. The van der Waals surface area contributed by atoms with Crippen LogP contribution in [0.2, 0.25) is 0 Å². The Hall–Kier alpha value is -1.55. The number of piperidine rings is 1. The van der Waals surface area contributed by atoms with Crippen LogP contribution in [0.1, 0.15) is 44.1 Å². The molecular formula is C18H26N2O2. The zero-order chi connectivity index (χ0) is 15.4. The number of carbonyl (C=O) groups excluding carboxylic acids is 1. The Balaban J connectivity index is 1.51. The monoisotopic (exact) mass is 302 g/mol. The van der Waals surface area contributed by atoms with Crippen molar-refractivity contribution < 1.29 is 9.53 Å². The minimum absolute atomic E-state index is 0.114. The van der Waals surface area contributed by atoms with E-state index in [2.05, 4.69) is 22.8 Å². The molecule has 2 fully saturated rings. The van der Waals surface area contributed by atoms with E-state index in [0.717, 1.165) is 38.1 Å². The summed E-state index contributed by atoms with van der Waals surface area (Å²) < 4.78 is 5.20. The summed E-state index contributed by atoms with van der Waals surface area (Å²) in [5.74, 6) is 1.77. The molecule has 4 heteroatoms. The Bertz CT molecular complexity index is 502. The fraction of sp³-hybridized carbons (Fsp3) is 0.611. The van der Waals surface area contributed by atoms with Crippen molar-refractivity contribution in [1.29, 1.82) is 0 Å². The summed E-state index contributed by atoms with van der Waals surface area (Å²) in [6, 6.07) is 8.07. The van der Waals surface area contributed by atoms with Crippen molar-refractivity contribution in [2.45, 2.75) is 44.1 Å². The number of rotatable bonds is 6. The molecule has 0 atom stereocenters. The van der Waals surface area contributed by atoms with Crippen molar-refractivity contribution in [3.8, 4) is 5.75 Å². The fourth-order valence-corrected chi connectivity index (χ4v) is 3.36. The van der Waals surface area contributed by atoms with Crippen LogP contribution < -0.4 is 15.4 Å². The number of hydrogen-bond acceptors (Lipinski definition) is 3. The fourth-order valence-electron chi connectivity index (χ4n) is 3.36. The van der Waals surface area contributed by atoms with Gasteiger partial charge in [0, 0.05) is 6.42 Å². The Kier molecular flexibility index (Phi) is 4.67. The molecule has 1 saturated carbocycles. The molecule has 1 heterocycles. The number of amides is 1. The number of methoxy groups -OCH3 is 1. The standard InChI is InChI=1S/C18H26N2O2/c1-22-16-5-3-15(4-6-16)18(10-11-18)20-17(21)7-2-14-8-12-19-13-9-14/h3-6,14,19H,2,7-13H2,1H3,(H,20,21). The van der Waals surface area contributed by atoms with Crippen LogP contribution in [0.4, 0.5) is 0 Å². The van der Waals surface area contributed by atoms with E-state index in [4.69, 9.17) is 4.74 Å². The van der Waals surface area contributed by atoms with Crippen LogP contribution in [0.5, 0.6) is 5.75 Å². The summed E-state index contributed by atoms with van der Waals surface area (Å²) in [4.78, 5) is 12.3. The lowest BCUT2D eigenvalue weighted by atomic mass is 9.93. The Morgan fingerprint density at radius 2 is 1.95 bits per heavy atom. The van der Waals surface area contributed by atoms with Crippen molar-refractivity contribution in [3.63, 3.8) is 0 Å². The average molecular weight is 302 g/mol. The second-order valence-electron chi connectivity index (χ2n) is 6.59. The zero-order valence-electron chi connectivity index (χ0n) is 13.4. The first-order chi connectivity index (χ1) is 10.7. The van der Waals surface area contributed by atoms with Gasteiger partial charge >= 0.3 is 0 Å². The maximum atomic E-state index is 12.3. The summed E-state index contributed by atoms with van der Waals surface area (Å²) in [6.45, 7) is 2.20. The van der Waals surface area contributed by atoms with Crippen LogP contribution in [0, 0.1) is 5.92 Å². The summed E-state index contributed by atoms with van der Waals surface area (Å²) >= 11 is 0. The minimum Gasteiger partial charge on any atom is -0.497 e. The molecule has 120 valence electrons. The molecule has 0 aromatic heterocycles. The van der Waals surface area contributed by atoms with Crippen molar-refractivity contribution >= 4 is 5.91 Å². The molecule has 1 aromatic rings. The van der Waals surface area contributed by atoms with E-state index in [1.807, 2.05) is 12.1 Å². The molecule has 0 bridgehead atoms. The van der Waals surface area contributed by atoms with Crippen LogP contribution in [0.3, 0.4) is 0 Å². The number of hydrogen-bond donors (Lipinski definition) is 2. The van der Waals surface area contributed by atoms with Gasteiger partial charge in [-0.2, -0.15) is 0 Å². The molecule has 3 rings (SSSR count). The van der Waals surface area contributed by atoms with Crippen molar-refractivity contribution in [2.24, 2.45) is 5.92 Å². The van der Waals surface area contributed by atoms with E-state index in [0.29, 0.717) is 12.3 Å². The summed E-state index contributed by atoms with van der Waals surface area (Å²) in [6.07, 6.45) is 6.17. The highest BCUT2D eigenvalue weighted by Gasteiger charge is 2.45. The highest BCUT2D eigenvalue weighted by molar-refractivity contribution is 5.77. The number of nitrogens with one attached hydrogen (secondary N) is 2. The first-order valence-electron chi connectivity index (χ1n) is 8.38. The summed E-state index contributed by atoms with van der Waals surface area (Å²) in [5, 5.41) is 6.64. The second kappa shape index (κ2) is 6.69. The van der Waals surface area contributed by atoms with Gasteiger partial charge < -0.3 is 15.4 Å². The maximum Gasteiger partial charge on any atom is 0.220 e. The smallest absolute Gasteiger partial charge is 0.220 e. The first kappa shape index (κ1) is 15.3. The first-order valence-corrected chi connectivity index (χ1v) is 8.38.